The standard InChI is InChI=1S/C14H11FN2O3S/c1-9-2-5-13(14(18)6-9)17-21(19,20)11-3-4-12(15)10(7-11)8-16/h2-7,17-18H,1H3. The van der Waals surface area contributed by atoms with Gasteiger partial charge < -0.3 is 5.11 Å². The Morgan fingerprint density at radius 3 is 2.57 bits per heavy atom. The van der Waals surface area contributed by atoms with Gasteiger partial charge in [0, 0.05) is 0 Å². The van der Waals surface area contributed by atoms with Crippen LogP contribution in [-0.4, -0.2) is 13.5 Å². The molecule has 0 bridgehead atoms. The number of nitriles is 1. The summed E-state index contributed by atoms with van der Waals surface area (Å²) in [6, 6.07) is 8.91. The lowest BCUT2D eigenvalue weighted by Crippen LogP contribution is -2.13. The monoisotopic (exact) mass is 306 g/mol. The van der Waals surface area contributed by atoms with Crippen molar-refractivity contribution in [1.29, 1.82) is 5.26 Å². The average Bonchev–Trinajstić information content (AvgIpc) is 2.42. The minimum Gasteiger partial charge on any atom is -0.506 e. The molecule has 0 fully saturated rings. The Morgan fingerprint density at radius 1 is 1.24 bits per heavy atom. The zero-order chi connectivity index (χ0) is 15.6. The van der Waals surface area contributed by atoms with Crippen molar-refractivity contribution >= 4 is 15.7 Å². The van der Waals surface area contributed by atoms with E-state index in [-0.39, 0.29) is 21.9 Å². The number of aromatic hydroxyl groups is 1. The molecule has 2 aromatic carbocycles. The summed E-state index contributed by atoms with van der Waals surface area (Å²) in [5.41, 5.74) is 0.401. The lowest BCUT2D eigenvalue weighted by Gasteiger charge is -2.10. The number of nitrogens with zero attached hydrogens (tertiary/aromatic N) is 1. The van der Waals surface area contributed by atoms with Crippen LogP contribution in [0.1, 0.15) is 11.1 Å². The lowest BCUT2D eigenvalue weighted by molar-refractivity contribution is 0.477. The maximum Gasteiger partial charge on any atom is 0.262 e. The normalized spacial score (nSPS) is 10.9. The Hall–Kier alpha value is -2.59. The molecule has 0 saturated heterocycles. The predicted molar refractivity (Wildman–Crippen MR) is 74.8 cm³/mol. The first-order valence-electron chi connectivity index (χ1n) is 5.85. The molecule has 0 spiro atoms. The van der Waals surface area contributed by atoms with Crippen LogP contribution in [0.3, 0.4) is 0 Å². The molecule has 2 aromatic rings. The van der Waals surface area contributed by atoms with Gasteiger partial charge in [0.1, 0.15) is 17.6 Å². The van der Waals surface area contributed by atoms with Crippen LogP contribution in [0.25, 0.3) is 0 Å². The minimum atomic E-state index is -4.03. The van der Waals surface area contributed by atoms with Gasteiger partial charge in [-0.05, 0) is 42.8 Å². The molecule has 0 aromatic heterocycles. The van der Waals surface area contributed by atoms with Crippen molar-refractivity contribution in [1.82, 2.24) is 0 Å². The number of sulfonamides is 1. The van der Waals surface area contributed by atoms with E-state index in [0.717, 1.165) is 23.8 Å². The number of anilines is 1. The first-order valence-corrected chi connectivity index (χ1v) is 7.34. The highest BCUT2D eigenvalue weighted by atomic mass is 32.2. The van der Waals surface area contributed by atoms with Gasteiger partial charge in [0.2, 0.25) is 0 Å². The number of phenols is 1. The highest BCUT2D eigenvalue weighted by molar-refractivity contribution is 7.92. The second-order valence-corrected chi connectivity index (χ2v) is 6.06. The fourth-order valence-corrected chi connectivity index (χ4v) is 2.79. The molecular weight excluding hydrogens is 295 g/mol. The summed E-state index contributed by atoms with van der Waals surface area (Å²) in [6.45, 7) is 1.75. The highest BCUT2D eigenvalue weighted by Gasteiger charge is 2.18. The van der Waals surface area contributed by atoms with Crippen LogP contribution in [0.4, 0.5) is 10.1 Å². The first kappa shape index (κ1) is 14.8. The third-order valence-electron chi connectivity index (χ3n) is 2.77. The molecule has 0 atom stereocenters. The molecule has 5 nitrogen and oxygen atoms in total. The second-order valence-electron chi connectivity index (χ2n) is 4.38. The Bertz CT molecular complexity index is 842. The number of aryl methyl sites for hydroxylation is 1. The van der Waals surface area contributed by atoms with Gasteiger partial charge in [-0.25, -0.2) is 12.8 Å². The molecule has 0 radical (unpaired) electrons. The van der Waals surface area contributed by atoms with Crippen molar-refractivity contribution in [3.63, 3.8) is 0 Å². The van der Waals surface area contributed by atoms with E-state index in [1.807, 2.05) is 0 Å². The number of halogens is 1. The van der Waals surface area contributed by atoms with E-state index in [1.165, 1.54) is 12.1 Å². The van der Waals surface area contributed by atoms with E-state index in [2.05, 4.69) is 4.72 Å². The molecule has 0 aliphatic rings. The predicted octanol–water partition coefficient (Wildman–Crippen LogP) is 2.51. The molecule has 0 unspecified atom stereocenters. The van der Waals surface area contributed by atoms with Gasteiger partial charge in [0.05, 0.1) is 16.1 Å². The van der Waals surface area contributed by atoms with Crippen LogP contribution < -0.4 is 4.72 Å². The molecule has 0 aliphatic carbocycles. The Morgan fingerprint density at radius 2 is 1.95 bits per heavy atom. The van der Waals surface area contributed by atoms with Crippen LogP contribution in [0.5, 0.6) is 5.75 Å². The van der Waals surface area contributed by atoms with Crippen molar-refractivity contribution in [2.24, 2.45) is 0 Å². The first-order chi connectivity index (χ1) is 9.83. The highest BCUT2D eigenvalue weighted by Crippen LogP contribution is 2.27. The average molecular weight is 306 g/mol. The third kappa shape index (κ3) is 3.12. The van der Waals surface area contributed by atoms with E-state index in [0.29, 0.717) is 0 Å². The van der Waals surface area contributed by atoms with Crippen molar-refractivity contribution < 1.29 is 17.9 Å². The van der Waals surface area contributed by atoms with Crippen LogP contribution >= 0.6 is 0 Å². The number of rotatable bonds is 3. The molecule has 0 saturated carbocycles. The van der Waals surface area contributed by atoms with Gasteiger partial charge >= 0.3 is 0 Å². The van der Waals surface area contributed by atoms with E-state index < -0.39 is 15.8 Å². The summed E-state index contributed by atoms with van der Waals surface area (Å²) in [7, 11) is -4.03. The van der Waals surface area contributed by atoms with Crippen molar-refractivity contribution in [3.8, 4) is 11.8 Å². The molecule has 0 aliphatic heterocycles. The molecule has 7 heteroatoms. The molecule has 2 N–H and O–H groups in total. The van der Waals surface area contributed by atoms with Gasteiger partial charge in [-0.1, -0.05) is 6.07 Å². The van der Waals surface area contributed by atoms with Crippen LogP contribution in [0.2, 0.25) is 0 Å². The molecule has 21 heavy (non-hydrogen) atoms. The third-order valence-corrected chi connectivity index (χ3v) is 4.13. The second kappa shape index (κ2) is 5.42. The van der Waals surface area contributed by atoms with E-state index >= 15 is 0 Å². The van der Waals surface area contributed by atoms with Crippen LogP contribution in [-0.2, 0) is 10.0 Å². The molecule has 108 valence electrons. The molecular formula is C14H11FN2O3S. The Kier molecular flexibility index (Phi) is 3.82. The van der Waals surface area contributed by atoms with Gasteiger partial charge in [-0.15, -0.1) is 0 Å². The summed E-state index contributed by atoms with van der Waals surface area (Å²) in [5.74, 6) is -1.02. The number of nitrogens with one attached hydrogen (secondary N) is 1. The van der Waals surface area contributed by atoms with E-state index in [4.69, 9.17) is 5.26 Å². The molecule has 0 heterocycles. The smallest absolute Gasteiger partial charge is 0.262 e. The number of benzene rings is 2. The quantitative estimate of drug-likeness (QED) is 0.853. The summed E-state index contributed by atoms with van der Waals surface area (Å²) in [4.78, 5) is -0.263. The van der Waals surface area contributed by atoms with E-state index in [1.54, 1.807) is 19.1 Å². The number of hydrogen-bond donors (Lipinski definition) is 2. The largest absolute Gasteiger partial charge is 0.506 e. The summed E-state index contributed by atoms with van der Waals surface area (Å²) in [5, 5.41) is 18.4. The summed E-state index contributed by atoms with van der Waals surface area (Å²) >= 11 is 0. The summed E-state index contributed by atoms with van der Waals surface area (Å²) in [6.07, 6.45) is 0. The zero-order valence-corrected chi connectivity index (χ0v) is 11.8. The van der Waals surface area contributed by atoms with Crippen LogP contribution in [0.15, 0.2) is 41.3 Å². The fraction of sp³-hybridized carbons (Fsp3) is 0.0714. The summed E-state index contributed by atoms with van der Waals surface area (Å²) < 4.78 is 39.7. The zero-order valence-electron chi connectivity index (χ0n) is 11.0. The maximum atomic E-state index is 13.2. The van der Waals surface area contributed by atoms with Gasteiger partial charge in [-0.2, -0.15) is 5.26 Å². The molecule has 0 amide bonds. The SMILES string of the molecule is Cc1ccc(NS(=O)(=O)c2ccc(F)c(C#N)c2)c(O)c1. The maximum absolute atomic E-state index is 13.2. The van der Waals surface area contributed by atoms with Crippen LogP contribution in [0, 0.1) is 24.1 Å². The number of hydrogen-bond acceptors (Lipinski definition) is 4. The minimum absolute atomic E-state index is 0.00318. The van der Waals surface area contributed by atoms with Crippen molar-refractivity contribution in [3.05, 3.63) is 53.3 Å². The van der Waals surface area contributed by atoms with Crippen molar-refractivity contribution in [2.75, 3.05) is 4.72 Å². The van der Waals surface area contributed by atoms with Gasteiger partial charge in [0.25, 0.3) is 10.0 Å². The lowest BCUT2D eigenvalue weighted by atomic mass is 10.2. The van der Waals surface area contributed by atoms with Gasteiger partial charge in [0.15, 0.2) is 0 Å². The van der Waals surface area contributed by atoms with E-state index in [9.17, 15) is 17.9 Å². The number of phenolic OH excluding ortho intramolecular Hbond substituents is 1. The fourth-order valence-electron chi connectivity index (χ4n) is 1.69. The molecule has 2 rings (SSSR count). The van der Waals surface area contributed by atoms with Gasteiger partial charge in [-0.3, -0.25) is 4.72 Å². The Labute approximate surface area is 121 Å². The topological polar surface area (TPSA) is 90.2 Å². The van der Waals surface area contributed by atoms with Crippen molar-refractivity contribution in [2.45, 2.75) is 11.8 Å². The Balaban J connectivity index is 2.41.